The molecule has 0 aromatic heterocycles. The number of aromatic hydroxyl groups is 2. The van der Waals surface area contributed by atoms with E-state index in [1.807, 2.05) is 61.5 Å². The van der Waals surface area contributed by atoms with E-state index in [-0.39, 0.29) is 0 Å². The monoisotopic (exact) mass is 324 g/mol. The Morgan fingerprint density at radius 2 is 1.12 bits per heavy atom. The lowest BCUT2D eigenvalue weighted by Gasteiger charge is -2.12. The third-order valence-electron chi connectivity index (χ3n) is 5.14. The summed E-state index contributed by atoms with van der Waals surface area (Å²) in [5.74, 6) is 0.588. The minimum atomic E-state index is 0.291. The number of fused-ring (bicyclic) bond motifs is 4. The van der Waals surface area contributed by atoms with Crippen molar-refractivity contribution >= 4 is 43.1 Å². The Hall–Kier alpha value is -3.26. The molecule has 25 heavy (non-hydrogen) atoms. The zero-order chi connectivity index (χ0) is 17.1. The van der Waals surface area contributed by atoms with Gasteiger partial charge in [0.25, 0.3) is 0 Å². The molecule has 120 valence electrons. The largest absolute Gasteiger partial charge is 0.507 e. The molecule has 2 N–H and O–H groups in total. The van der Waals surface area contributed by atoms with Crippen LogP contribution in [0.15, 0.2) is 66.7 Å². The highest BCUT2D eigenvalue weighted by molar-refractivity contribution is 6.14. The maximum Gasteiger partial charge on any atom is 0.131 e. The van der Waals surface area contributed by atoms with Crippen LogP contribution in [0.3, 0.4) is 0 Å². The van der Waals surface area contributed by atoms with Gasteiger partial charge in [-0.2, -0.15) is 0 Å². The van der Waals surface area contributed by atoms with Gasteiger partial charge in [0, 0.05) is 21.5 Å². The summed E-state index contributed by atoms with van der Waals surface area (Å²) in [5.41, 5.74) is 1.12. The van der Waals surface area contributed by atoms with E-state index in [4.69, 9.17) is 0 Å². The summed E-state index contributed by atoms with van der Waals surface area (Å²) in [6.45, 7) is 2.04. The van der Waals surface area contributed by atoms with Crippen molar-refractivity contribution in [2.24, 2.45) is 0 Å². The molecule has 0 saturated carbocycles. The van der Waals surface area contributed by atoms with Crippen LogP contribution in [0.4, 0.5) is 0 Å². The fourth-order valence-corrected chi connectivity index (χ4v) is 3.81. The van der Waals surface area contributed by atoms with E-state index in [1.165, 1.54) is 0 Å². The van der Waals surface area contributed by atoms with Gasteiger partial charge in [-0.1, -0.05) is 42.5 Å². The standard InChI is InChI=1S/C23H16O2/c1-13-5-4-8-18-19(13)10-16-12-20-15(11-21(16)23(18)25)9-14-6-2-3-7-17(14)22(20)24/h2-12,24-25H,1H3. The molecule has 0 spiro atoms. The third-order valence-corrected chi connectivity index (χ3v) is 5.14. The zero-order valence-corrected chi connectivity index (χ0v) is 13.7. The second kappa shape index (κ2) is 4.87. The first-order valence-electron chi connectivity index (χ1n) is 8.33. The number of rotatable bonds is 0. The number of phenols is 2. The molecule has 0 saturated heterocycles. The maximum atomic E-state index is 10.8. The Labute approximate surface area is 144 Å². The van der Waals surface area contributed by atoms with Crippen LogP contribution in [0.2, 0.25) is 0 Å². The second-order valence-corrected chi connectivity index (χ2v) is 6.64. The predicted molar refractivity (Wildman–Crippen MR) is 105 cm³/mol. The van der Waals surface area contributed by atoms with Gasteiger partial charge in [0.05, 0.1) is 0 Å². The normalized spacial score (nSPS) is 11.7. The number of phenolic OH excluding ortho intramolecular Hbond substituents is 2. The minimum absolute atomic E-state index is 0.291. The lowest BCUT2D eigenvalue weighted by Crippen LogP contribution is -1.84. The van der Waals surface area contributed by atoms with Crippen molar-refractivity contribution in [3.05, 3.63) is 72.3 Å². The predicted octanol–water partition coefficient (Wildman–Crippen LogP) is 6.02. The molecular weight excluding hydrogens is 308 g/mol. The Morgan fingerprint density at radius 1 is 0.520 bits per heavy atom. The highest BCUT2D eigenvalue weighted by atomic mass is 16.3. The summed E-state index contributed by atoms with van der Waals surface area (Å²) >= 11 is 0. The fraction of sp³-hybridized carbons (Fsp3) is 0.0435. The van der Waals surface area contributed by atoms with E-state index in [9.17, 15) is 10.2 Å². The van der Waals surface area contributed by atoms with Gasteiger partial charge in [0.15, 0.2) is 0 Å². The summed E-state index contributed by atoms with van der Waals surface area (Å²) in [5, 5.41) is 28.7. The second-order valence-electron chi connectivity index (χ2n) is 6.64. The van der Waals surface area contributed by atoms with Gasteiger partial charge in [-0.15, -0.1) is 0 Å². The molecule has 0 fully saturated rings. The molecule has 0 bridgehead atoms. The van der Waals surface area contributed by atoms with Gasteiger partial charge >= 0.3 is 0 Å². The zero-order valence-electron chi connectivity index (χ0n) is 13.7. The van der Waals surface area contributed by atoms with Gasteiger partial charge in [0.2, 0.25) is 0 Å². The Kier molecular flexibility index (Phi) is 2.75. The van der Waals surface area contributed by atoms with Crippen LogP contribution in [-0.4, -0.2) is 10.2 Å². The molecule has 0 heterocycles. The maximum absolute atomic E-state index is 10.8. The van der Waals surface area contributed by atoms with E-state index in [0.717, 1.165) is 48.7 Å². The molecule has 0 radical (unpaired) electrons. The van der Waals surface area contributed by atoms with Crippen molar-refractivity contribution in [2.45, 2.75) is 6.92 Å². The van der Waals surface area contributed by atoms with Crippen molar-refractivity contribution in [1.29, 1.82) is 0 Å². The van der Waals surface area contributed by atoms with Crippen LogP contribution >= 0.6 is 0 Å². The van der Waals surface area contributed by atoms with E-state index in [1.54, 1.807) is 0 Å². The Morgan fingerprint density at radius 3 is 1.92 bits per heavy atom. The number of aryl methyl sites for hydroxylation is 1. The van der Waals surface area contributed by atoms with Crippen molar-refractivity contribution in [3.8, 4) is 11.5 Å². The molecule has 5 aromatic carbocycles. The van der Waals surface area contributed by atoms with Crippen LogP contribution in [-0.2, 0) is 0 Å². The average molecular weight is 324 g/mol. The molecule has 5 rings (SSSR count). The third kappa shape index (κ3) is 1.91. The number of hydrogen-bond acceptors (Lipinski definition) is 2. The smallest absolute Gasteiger partial charge is 0.131 e. The molecule has 0 aliphatic heterocycles. The van der Waals surface area contributed by atoms with E-state index in [0.29, 0.717) is 11.5 Å². The summed E-state index contributed by atoms with van der Waals surface area (Å²) in [6.07, 6.45) is 0. The molecule has 0 atom stereocenters. The lowest BCUT2D eigenvalue weighted by molar-refractivity contribution is 0.486. The molecular formula is C23H16O2. The highest BCUT2D eigenvalue weighted by Crippen LogP contribution is 2.41. The Bertz CT molecular complexity index is 1320. The van der Waals surface area contributed by atoms with E-state index < -0.39 is 0 Å². The van der Waals surface area contributed by atoms with Crippen LogP contribution in [0.1, 0.15) is 5.56 Å². The van der Waals surface area contributed by atoms with Crippen LogP contribution in [0.5, 0.6) is 11.5 Å². The molecule has 0 aliphatic carbocycles. The SMILES string of the molecule is Cc1cccc2c(O)c3cc4cc5ccccc5c(O)c4cc3cc12. The summed E-state index contributed by atoms with van der Waals surface area (Å²) in [4.78, 5) is 0. The van der Waals surface area contributed by atoms with Crippen LogP contribution in [0.25, 0.3) is 43.1 Å². The number of benzene rings is 5. The molecule has 0 amide bonds. The first-order valence-corrected chi connectivity index (χ1v) is 8.33. The molecule has 5 aromatic rings. The van der Waals surface area contributed by atoms with Gasteiger partial charge in [-0.05, 0) is 58.3 Å². The summed E-state index contributed by atoms with van der Waals surface area (Å²) in [6, 6.07) is 21.8. The van der Waals surface area contributed by atoms with E-state index >= 15 is 0 Å². The minimum Gasteiger partial charge on any atom is -0.507 e. The molecule has 2 nitrogen and oxygen atoms in total. The van der Waals surface area contributed by atoms with Gasteiger partial charge in [-0.3, -0.25) is 0 Å². The lowest BCUT2D eigenvalue weighted by atomic mass is 9.95. The fourth-order valence-electron chi connectivity index (χ4n) is 3.81. The van der Waals surface area contributed by atoms with Crippen LogP contribution in [0, 0.1) is 6.92 Å². The van der Waals surface area contributed by atoms with Gasteiger partial charge in [0.1, 0.15) is 11.5 Å². The average Bonchev–Trinajstić information content (AvgIpc) is 2.62. The summed E-state index contributed by atoms with van der Waals surface area (Å²) < 4.78 is 0. The van der Waals surface area contributed by atoms with E-state index in [2.05, 4.69) is 12.1 Å². The topological polar surface area (TPSA) is 40.5 Å². The summed E-state index contributed by atoms with van der Waals surface area (Å²) in [7, 11) is 0. The van der Waals surface area contributed by atoms with Crippen molar-refractivity contribution < 1.29 is 10.2 Å². The first kappa shape index (κ1) is 14.1. The molecule has 0 unspecified atom stereocenters. The number of hydrogen-bond donors (Lipinski definition) is 2. The van der Waals surface area contributed by atoms with Crippen molar-refractivity contribution in [1.82, 2.24) is 0 Å². The highest BCUT2D eigenvalue weighted by Gasteiger charge is 2.12. The molecule has 2 heteroatoms. The van der Waals surface area contributed by atoms with Crippen LogP contribution < -0.4 is 0 Å². The van der Waals surface area contributed by atoms with Crippen molar-refractivity contribution in [2.75, 3.05) is 0 Å². The van der Waals surface area contributed by atoms with Gasteiger partial charge < -0.3 is 10.2 Å². The first-order chi connectivity index (χ1) is 12.1. The Balaban J connectivity index is 2.01. The quantitative estimate of drug-likeness (QED) is 0.342. The molecule has 0 aliphatic rings. The van der Waals surface area contributed by atoms with Crippen molar-refractivity contribution in [3.63, 3.8) is 0 Å². The van der Waals surface area contributed by atoms with Gasteiger partial charge in [-0.25, -0.2) is 0 Å².